The Morgan fingerprint density at radius 1 is 1.20 bits per heavy atom. The Balaban J connectivity index is 1.70. The van der Waals surface area contributed by atoms with Crippen LogP contribution in [0.2, 0.25) is 5.02 Å². The molecular formula is C21H20ClF3N2O3. The van der Waals surface area contributed by atoms with Gasteiger partial charge in [0.05, 0.1) is 28.3 Å². The van der Waals surface area contributed by atoms with Gasteiger partial charge in [-0.3, -0.25) is 9.59 Å². The molecule has 0 saturated carbocycles. The van der Waals surface area contributed by atoms with Crippen molar-refractivity contribution >= 4 is 34.8 Å². The van der Waals surface area contributed by atoms with E-state index in [9.17, 15) is 22.8 Å². The van der Waals surface area contributed by atoms with E-state index in [2.05, 4.69) is 5.32 Å². The molecule has 1 fully saturated rings. The summed E-state index contributed by atoms with van der Waals surface area (Å²) in [6, 6.07) is 9.61. The van der Waals surface area contributed by atoms with E-state index in [-0.39, 0.29) is 35.7 Å². The first-order valence-electron chi connectivity index (χ1n) is 9.29. The average Bonchev–Trinajstić information content (AvgIpc) is 3.04. The lowest BCUT2D eigenvalue weighted by Gasteiger charge is -2.18. The molecular weight excluding hydrogens is 421 g/mol. The molecule has 0 spiro atoms. The van der Waals surface area contributed by atoms with Crippen LogP contribution in [0.3, 0.4) is 0 Å². The SMILES string of the molecule is CC(C)Oc1ccc(N2C[C@H](C(=O)Nc3cc(C(F)(F)F)ccc3Cl)CC2=O)cc1. The van der Waals surface area contributed by atoms with E-state index in [1.165, 1.54) is 4.90 Å². The minimum atomic E-state index is -4.56. The molecule has 5 nitrogen and oxygen atoms in total. The number of hydrogen-bond donors (Lipinski definition) is 1. The molecule has 0 bridgehead atoms. The highest BCUT2D eigenvalue weighted by molar-refractivity contribution is 6.33. The molecule has 1 saturated heterocycles. The number of nitrogens with one attached hydrogen (secondary N) is 1. The van der Waals surface area contributed by atoms with Crippen LogP contribution in [0.15, 0.2) is 42.5 Å². The van der Waals surface area contributed by atoms with E-state index >= 15 is 0 Å². The molecule has 3 rings (SSSR count). The third-order valence-corrected chi connectivity index (χ3v) is 4.90. The van der Waals surface area contributed by atoms with Gasteiger partial charge in [0.1, 0.15) is 5.75 Å². The number of nitrogens with zero attached hydrogens (tertiary/aromatic N) is 1. The fourth-order valence-corrected chi connectivity index (χ4v) is 3.31. The first kappa shape index (κ1) is 22.0. The monoisotopic (exact) mass is 440 g/mol. The number of rotatable bonds is 5. The van der Waals surface area contributed by atoms with Crippen LogP contribution in [0, 0.1) is 5.92 Å². The van der Waals surface area contributed by atoms with Crippen LogP contribution >= 0.6 is 11.6 Å². The van der Waals surface area contributed by atoms with Gasteiger partial charge in [-0.25, -0.2) is 0 Å². The largest absolute Gasteiger partial charge is 0.491 e. The highest BCUT2D eigenvalue weighted by Crippen LogP contribution is 2.34. The molecule has 1 N–H and O–H groups in total. The fraction of sp³-hybridized carbons (Fsp3) is 0.333. The summed E-state index contributed by atoms with van der Waals surface area (Å²) in [5, 5.41) is 2.40. The standard InChI is InChI=1S/C21H20ClF3N2O3/c1-12(2)30-16-6-4-15(5-7-16)27-11-13(9-19(27)28)20(29)26-18-10-14(21(23,24)25)3-8-17(18)22/h3-8,10,12-13H,9,11H2,1-2H3,(H,26,29)/t13-/m1/s1. The van der Waals surface area contributed by atoms with Gasteiger partial charge in [0.25, 0.3) is 0 Å². The van der Waals surface area contributed by atoms with Crippen molar-refractivity contribution in [1.29, 1.82) is 0 Å². The third kappa shape index (κ3) is 5.05. The molecule has 2 aromatic carbocycles. The van der Waals surface area contributed by atoms with Gasteiger partial charge in [-0.15, -0.1) is 0 Å². The lowest BCUT2D eigenvalue weighted by Crippen LogP contribution is -2.28. The third-order valence-electron chi connectivity index (χ3n) is 4.57. The van der Waals surface area contributed by atoms with E-state index < -0.39 is 23.6 Å². The Labute approximate surface area is 176 Å². The van der Waals surface area contributed by atoms with Crippen molar-refractivity contribution in [1.82, 2.24) is 0 Å². The van der Waals surface area contributed by atoms with E-state index in [1.54, 1.807) is 24.3 Å². The normalized spacial score (nSPS) is 16.8. The minimum Gasteiger partial charge on any atom is -0.491 e. The Morgan fingerprint density at radius 3 is 2.47 bits per heavy atom. The molecule has 2 aromatic rings. The fourth-order valence-electron chi connectivity index (χ4n) is 3.14. The van der Waals surface area contributed by atoms with Crippen molar-refractivity contribution in [2.24, 2.45) is 5.92 Å². The predicted molar refractivity (Wildman–Crippen MR) is 108 cm³/mol. The molecule has 0 unspecified atom stereocenters. The summed E-state index contributed by atoms with van der Waals surface area (Å²) in [5.74, 6) is -0.863. The highest BCUT2D eigenvalue weighted by Gasteiger charge is 2.36. The molecule has 9 heteroatoms. The van der Waals surface area contributed by atoms with Crippen LogP contribution in [-0.2, 0) is 15.8 Å². The molecule has 0 radical (unpaired) electrons. The Morgan fingerprint density at radius 2 is 1.87 bits per heavy atom. The Bertz CT molecular complexity index is 946. The molecule has 1 atom stereocenters. The molecule has 30 heavy (non-hydrogen) atoms. The van der Waals surface area contributed by atoms with E-state index in [4.69, 9.17) is 16.3 Å². The first-order valence-corrected chi connectivity index (χ1v) is 9.67. The quantitative estimate of drug-likeness (QED) is 0.700. The molecule has 160 valence electrons. The number of amides is 2. The first-order chi connectivity index (χ1) is 14.0. The molecule has 0 aliphatic carbocycles. The summed E-state index contributed by atoms with van der Waals surface area (Å²) in [4.78, 5) is 26.4. The number of anilines is 2. The number of hydrogen-bond acceptors (Lipinski definition) is 3. The van der Waals surface area contributed by atoms with Crippen LogP contribution in [0.25, 0.3) is 0 Å². The summed E-state index contributed by atoms with van der Waals surface area (Å²) in [6.45, 7) is 3.92. The minimum absolute atomic E-state index is 0.0139. The van der Waals surface area contributed by atoms with Gasteiger partial charge < -0.3 is 15.0 Å². The zero-order valence-electron chi connectivity index (χ0n) is 16.3. The van der Waals surface area contributed by atoms with Crippen molar-refractivity contribution in [3.63, 3.8) is 0 Å². The number of alkyl halides is 3. The number of benzene rings is 2. The van der Waals surface area contributed by atoms with E-state index in [0.717, 1.165) is 18.2 Å². The van der Waals surface area contributed by atoms with E-state index in [0.29, 0.717) is 11.4 Å². The van der Waals surface area contributed by atoms with Crippen molar-refractivity contribution in [3.05, 3.63) is 53.1 Å². The van der Waals surface area contributed by atoms with Crippen LogP contribution in [-0.4, -0.2) is 24.5 Å². The van der Waals surface area contributed by atoms with Crippen molar-refractivity contribution in [3.8, 4) is 5.75 Å². The number of carbonyl (C=O) groups is 2. The van der Waals surface area contributed by atoms with Gasteiger partial charge in [-0.05, 0) is 56.3 Å². The summed E-state index contributed by atoms with van der Waals surface area (Å²) >= 11 is 5.93. The number of carbonyl (C=O) groups excluding carboxylic acids is 2. The van der Waals surface area contributed by atoms with Gasteiger partial charge in [0, 0.05) is 18.7 Å². The van der Waals surface area contributed by atoms with Gasteiger partial charge in [-0.2, -0.15) is 13.2 Å². The molecule has 1 heterocycles. The second-order valence-electron chi connectivity index (χ2n) is 7.25. The van der Waals surface area contributed by atoms with Crippen molar-refractivity contribution in [2.45, 2.75) is 32.5 Å². The summed E-state index contributed by atoms with van der Waals surface area (Å²) in [5.41, 5.74) is -0.448. The van der Waals surface area contributed by atoms with Gasteiger partial charge >= 0.3 is 6.18 Å². The van der Waals surface area contributed by atoms with E-state index in [1.807, 2.05) is 13.8 Å². The molecule has 1 aliphatic rings. The maximum Gasteiger partial charge on any atom is 0.416 e. The average molecular weight is 441 g/mol. The zero-order valence-corrected chi connectivity index (χ0v) is 17.1. The lowest BCUT2D eigenvalue weighted by atomic mass is 10.1. The maximum atomic E-state index is 12.9. The second-order valence-corrected chi connectivity index (χ2v) is 7.65. The van der Waals surface area contributed by atoms with Crippen molar-refractivity contribution in [2.75, 3.05) is 16.8 Å². The van der Waals surface area contributed by atoms with Gasteiger partial charge in [0.2, 0.25) is 11.8 Å². The number of ether oxygens (including phenoxy) is 1. The van der Waals surface area contributed by atoms with Crippen LogP contribution in [0.1, 0.15) is 25.8 Å². The second kappa shape index (κ2) is 8.55. The molecule has 2 amide bonds. The van der Waals surface area contributed by atoms with Crippen LogP contribution < -0.4 is 15.0 Å². The smallest absolute Gasteiger partial charge is 0.416 e. The van der Waals surface area contributed by atoms with Crippen LogP contribution in [0.4, 0.5) is 24.5 Å². The predicted octanol–water partition coefficient (Wildman–Crippen LogP) is 5.14. The maximum absolute atomic E-state index is 12.9. The Kier molecular flexibility index (Phi) is 6.26. The molecule has 0 aromatic heterocycles. The molecule has 1 aliphatic heterocycles. The van der Waals surface area contributed by atoms with Crippen molar-refractivity contribution < 1.29 is 27.5 Å². The summed E-state index contributed by atoms with van der Waals surface area (Å²) < 4.78 is 44.3. The van der Waals surface area contributed by atoms with Gasteiger partial charge in [0.15, 0.2) is 0 Å². The highest BCUT2D eigenvalue weighted by atomic mass is 35.5. The topological polar surface area (TPSA) is 58.6 Å². The summed E-state index contributed by atoms with van der Waals surface area (Å²) in [6.07, 6.45) is -4.59. The number of halogens is 4. The summed E-state index contributed by atoms with van der Waals surface area (Å²) in [7, 11) is 0. The lowest BCUT2D eigenvalue weighted by molar-refractivity contribution is -0.137. The Hall–Kier alpha value is -2.74. The van der Waals surface area contributed by atoms with Crippen LogP contribution in [0.5, 0.6) is 5.75 Å². The zero-order chi connectivity index (χ0) is 22.1. The van der Waals surface area contributed by atoms with Gasteiger partial charge in [-0.1, -0.05) is 11.6 Å².